The van der Waals surface area contributed by atoms with Crippen LogP contribution in [0.4, 0.5) is 0 Å². The maximum Gasteiger partial charge on any atom is 0.0772 e. The molecule has 76 valence electrons. The summed E-state index contributed by atoms with van der Waals surface area (Å²) in [4.78, 5) is 0. The second kappa shape index (κ2) is 6.83. The van der Waals surface area contributed by atoms with Crippen molar-refractivity contribution in [1.82, 2.24) is 0 Å². The monoisotopic (exact) mass is 186 g/mol. The Morgan fingerprint density at radius 3 is 2.54 bits per heavy atom. The van der Waals surface area contributed by atoms with E-state index in [2.05, 4.69) is 6.58 Å². The number of allylic oxidation sites excluding steroid dienone is 1. The lowest BCUT2D eigenvalue weighted by Crippen LogP contribution is -2.12. The molecule has 0 aliphatic carbocycles. The summed E-state index contributed by atoms with van der Waals surface area (Å²) in [5.74, 6) is 0. The molecule has 0 aromatic rings. The Bertz CT molecular complexity index is 185. The van der Waals surface area contributed by atoms with Crippen molar-refractivity contribution in [3.05, 3.63) is 23.8 Å². The summed E-state index contributed by atoms with van der Waals surface area (Å²) < 4.78 is 0. The molecule has 3 nitrogen and oxygen atoms in total. The molecule has 3 heteroatoms. The molecule has 0 saturated heterocycles. The van der Waals surface area contributed by atoms with Crippen LogP contribution in [-0.4, -0.2) is 34.6 Å². The molecule has 0 radical (unpaired) electrons. The number of aliphatic hydroxyl groups is 3. The van der Waals surface area contributed by atoms with Crippen molar-refractivity contribution in [3.63, 3.8) is 0 Å². The van der Waals surface area contributed by atoms with E-state index in [1.807, 2.05) is 6.92 Å². The topological polar surface area (TPSA) is 60.7 Å². The van der Waals surface area contributed by atoms with E-state index in [4.69, 9.17) is 10.2 Å². The molecule has 0 aliphatic rings. The van der Waals surface area contributed by atoms with Crippen LogP contribution >= 0.6 is 0 Å². The molecule has 0 amide bonds. The molecule has 13 heavy (non-hydrogen) atoms. The highest BCUT2D eigenvalue weighted by Crippen LogP contribution is 2.11. The summed E-state index contributed by atoms with van der Waals surface area (Å²) >= 11 is 0. The molecule has 0 fully saturated rings. The molecule has 0 rings (SSSR count). The van der Waals surface area contributed by atoms with Gasteiger partial charge < -0.3 is 15.3 Å². The quantitative estimate of drug-likeness (QED) is 0.533. The zero-order chi connectivity index (χ0) is 10.3. The first kappa shape index (κ1) is 12.4. The molecule has 0 aromatic heterocycles. The lowest BCUT2D eigenvalue weighted by atomic mass is 10.0. The van der Waals surface area contributed by atoms with Gasteiger partial charge in [-0.05, 0) is 25.3 Å². The third-order valence-corrected chi connectivity index (χ3v) is 1.93. The molecule has 0 bridgehead atoms. The second-order valence-corrected chi connectivity index (χ2v) is 3.10. The van der Waals surface area contributed by atoms with Gasteiger partial charge in [0.15, 0.2) is 0 Å². The van der Waals surface area contributed by atoms with Crippen molar-refractivity contribution in [3.8, 4) is 0 Å². The molecular weight excluding hydrogens is 168 g/mol. The Balaban J connectivity index is 3.75. The Kier molecular flexibility index (Phi) is 6.49. The van der Waals surface area contributed by atoms with E-state index in [-0.39, 0.29) is 13.2 Å². The Hall–Kier alpha value is -0.640. The van der Waals surface area contributed by atoms with Crippen molar-refractivity contribution >= 4 is 0 Å². The fourth-order valence-electron chi connectivity index (χ4n) is 0.932. The summed E-state index contributed by atoms with van der Waals surface area (Å²) in [5.41, 5.74) is 1.48. The predicted molar refractivity (Wildman–Crippen MR) is 52.3 cm³/mol. The maximum atomic E-state index is 9.39. The van der Waals surface area contributed by atoms with Crippen molar-refractivity contribution in [2.45, 2.75) is 25.9 Å². The van der Waals surface area contributed by atoms with Crippen LogP contribution in [0.3, 0.4) is 0 Å². The van der Waals surface area contributed by atoms with E-state index in [9.17, 15) is 5.11 Å². The van der Waals surface area contributed by atoms with E-state index < -0.39 is 6.10 Å². The van der Waals surface area contributed by atoms with Crippen LogP contribution in [0.5, 0.6) is 0 Å². The van der Waals surface area contributed by atoms with Crippen LogP contribution in [-0.2, 0) is 0 Å². The van der Waals surface area contributed by atoms with Gasteiger partial charge in [-0.3, -0.25) is 0 Å². The summed E-state index contributed by atoms with van der Waals surface area (Å²) in [6, 6.07) is 0. The van der Waals surface area contributed by atoms with Crippen molar-refractivity contribution in [2.24, 2.45) is 0 Å². The molecular formula is C10H18O3. The van der Waals surface area contributed by atoms with E-state index in [0.29, 0.717) is 18.4 Å². The normalized spacial score (nSPS) is 14.3. The van der Waals surface area contributed by atoms with E-state index >= 15 is 0 Å². The number of hydrogen-bond acceptors (Lipinski definition) is 3. The predicted octanol–water partition coefficient (Wildman–Crippen LogP) is 0.615. The minimum atomic E-state index is -0.646. The maximum absolute atomic E-state index is 9.39. The third-order valence-electron chi connectivity index (χ3n) is 1.93. The van der Waals surface area contributed by atoms with Crippen molar-refractivity contribution < 1.29 is 15.3 Å². The highest BCUT2D eigenvalue weighted by molar-refractivity contribution is 5.04. The minimum absolute atomic E-state index is 0.0306. The summed E-state index contributed by atoms with van der Waals surface area (Å²) in [5, 5.41) is 26.6. The number of rotatable bonds is 6. The summed E-state index contributed by atoms with van der Waals surface area (Å²) in [7, 11) is 0. The van der Waals surface area contributed by atoms with Gasteiger partial charge in [-0.25, -0.2) is 0 Å². The fraction of sp³-hybridized carbons (Fsp3) is 0.600. The number of aliphatic hydroxyl groups excluding tert-OH is 3. The van der Waals surface area contributed by atoms with Gasteiger partial charge >= 0.3 is 0 Å². The molecule has 3 N–H and O–H groups in total. The van der Waals surface area contributed by atoms with Gasteiger partial charge in [-0.2, -0.15) is 0 Å². The van der Waals surface area contributed by atoms with Gasteiger partial charge in [0.1, 0.15) is 0 Å². The van der Waals surface area contributed by atoms with Crippen LogP contribution in [0.15, 0.2) is 23.8 Å². The molecule has 0 spiro atoms. The van der Waals surface area contributed by atoms with Crippen molar-refractivity contribution in [2.75, 3.05) is 13.2 Å². The molecule has 0 saturated carbocycles. The lowest BCUT2D eigenvalue weighted by Gasteiger charge is -2.11. The highest BCUT2D eigenvalue weighted by atomic mass is 16.3. The van der Waals surface area contributed by atoms with Crippen LogP contribution in [0.25, 0.3) is 0 Å². The molecule has 0 aromatic carbocycles. The second-order valence-electron chi connectivity index (χ2n) is 3.10. The van der Waals surface area contributed by atoms with Crippen LogP contribution in [0.1, 0.15) is 19.8 Å². The smallest absolute Gasteiger partial charge is 0.0772 e. The zero-order valence-electron chi connectivity index (χ0n) is 8.03. The van der Waals surface area contributed by atoms with Crippen LogP contribution in [0.2, 0.25) is 0 Å². The average molecular weight is 186 g/mol. The summed E-state index contributed by atoms with van der Waals surface area (Å²) in [6.07, 6.45) is 2.31. The van der Waals surface area contributed by atoms with Gasteiger partial charge in [0.05, 0.1) is 19.3 Å². The van der Waals surface area contributed by atoms with Gasteiger partial charge in [-0.1, -0.05) is 18.2 Å². The largest absolute Gasteiger partial charge is 0.392 e. The third kappa shape index (κ3) is 5.58. The average Bonchev–Trinajstić information content (AvgIpc) is 2.13. The zero-order valence-corrected chi connectivity index (χ0v) is 8.03. The minimum Gasteiger partial charge on any atom is -0.392 e. The molecule has 1 unspecified atom stereocenters. The van der Waals surface area contributed by atoms with Gasteiger partial charge in [0.2, 0.25) is 0 Å². The summed E-state index contributed by atoms with van der Waals surface area (Å²) in [6.45, 7) is 5.28. The van der Waals surface area contributed by atoms with Gasteiger partial charge in [0.25, 0.3) is 0 Å². The van der Waals surface area contributed by atoms with Crippen molar-refractivity contribution in [1.29, 1.82) is 0 Å². The SMILES string of the molecule is C=C(CO)C(O)CCC(C)=CCO. The Morgan fingerprint density at radius 1 is 1.46 bits per heavy atom. The van der Waals surface area contributed by atoms with Crippen LogP contribution in [0, 0.1) is 0 Å². The Labute approximate surface area is 79.0 Å². The van der Waals surface area contributed by atoms with E-state index in [0.717, 1.165) is 5.57 Å². The molecule has 1 atom stereocenters. The molecule has 0 heterocycles. The first-order valence-corrected chi connectivity index (χ1v) is 4.35. The first-order chi connectivity index (χ1) is 6.11. The fourth-order valence-corrected chi connectivity index (χ4v) is 0.932. The first-order valence-electron chi connectivity index (χ1n) is 4.35. The highest BCUT2D eigenvalue weighted by Gasteiger charge is 2.06. The lowest BCUT2D eigenvalue weighted by molar-refractivity contribution is 0.179. The van der Waals surface area contributed by atoms with Crippen LogP contribution < -0.4 is 0 Å². The van der Waals surface area contributed by atoms with Gasteiger partial charge in [-0.15, -0.1) is 0 Å². The van der Waals surface area contributed by atoms with E-state index in [1.54, 1.807) is 6.08 Å². The number of hydrogen-bond donors (Lipinski definition) is 3. The van der Waals surface area contributed by atoms with Gasteiger partial charge in [0, 0.05) is 0 Å². The van der Waals surface area contributed by atoms with E-state index in [1.165, 1.54) is 0 Å². The Morgan fingerprint density at radius 2 is 2.08 bits per heavy atom. The molecule has 0 aliphatic heterocycles. The standard InChI is InChI=1S/C10H18O3/c1-8(5-6-11)3-4-10(13)9(2)7-12/h5,10-13H,2-4,6-7H2,1H3.